The van der Waals surface area contributed by atoms with E-state index in [0.717, 1.165) is 30.1 Å². The third-order valence-electron chi connectivity index (χ3n) is 6.22. The molecular weight excluding hydrogens is 438 g/mol. The van der Waals surface area contributed by atoms with Crippen molar-refractivity contribution in [1.29, 1.82) is 5.26 Å². The Balaban J connectivity index is 1.29. The molecule has 0 radical (unpaired) electrons. The van der Waals surface area contributed by atoms with E-state index in [0.29, 0.717) is 44.1 Å². The fourth-order valence-electron chi connectivity index (χ4n) is 4.50. The number of aromatic nitrogens is 2. The van der Waals surface area contributed by atoms with Gasteiger partial charge in [0, 0.05) is 30.4 Å². The van der Waals surface area contributed by atoms with Gasteiger partial charge in [-0.3, -0.25) is 9.69 Å². The Bertz CT molecular complexity index is 1160. The lowest BCUT2D eigenvalue weighted by Crippen LogP contribution is -2.43. The van der Waals surface area contributed by atoms with E-state index in [1.54, 1.807) is 34.4 Å². The van der Waals surface area contributed by atoms with Crippen LogP contribution in [0.2, 0.25) is 0 Å². The number of oxazole rings is 1. The number of thiazole rings is 1. The Morgan fingerprint density at radius 1 is 1.33 bits per heavy atom. The molecule has 33 heavy (non-hydrogen) atoms. The van der Waals surface area contributed by atoms with Crippen LogP contribution in [0.3, 0.4) is 0 Å². The number of anilines is 2. The van der Waals surface area contributed by atoms with E-state index in [-0.39, 0.29) is 23.4 Å². The van der Waals surface area contributed by atoms with Crippen LogP contribution < -0.4 is 9.80 Å². The molecule has 3 aromatic rings. The topological polar surface area (TPSA) is 99.4 Å². The fraction of sp³-hybridized carbons (Fsp3) is 0.417. The molecule has 4 heterocycles. The number of piperidine rings is 1. The van der Waals surface area contributed by atoms with Crippen molar-refractivity contribution in [3.05, 3.63) is 47.3 Å². The highest BCUT2D eigenvalue weighted by molar-refractivity contribution is 7.16. The Morgan fingerprint density at radius 3 is 2.85 bits per heavy atom. The molecule has 1 saturated heterocycles. The van der Waals surface area contributed by atoms with Crippen molar-refractivity contribution in [2.24, 2.45) is 5.92 Å². The molecule has 5 rings (SSSR count). The molecule has 0 saturated carbocycles. The van der Waals surface area contributed by atoms with E-state index in [4.69, 9.17) is 13.8 Å². The van der Waals surface area contributed by atoms with Crippen molar-refractivity contribution in [2.75, 3.05) is 29.4 Å². The molecule has 1 aliphatic carbocycles. The largest absolute Gasteiger partial charge is 0.459 e. The lowest BCUT2D eigenvalue weighted by Gasteiger charge is -2.33. The third kappa shape index (κ3) is 4.18. The second-order valence-corrected chi connectivity index (χ2v) is 9.40. The van der Waals surface area contributed by atoms with Gasteiger partial charge in [-0.25, -0.2) is 4.98 Å². The molecule has 3 aromatic heterocycles. The molecule has 0 atom stereocenters. The van der Waals surface area contributed by atoms with E-state index < -0.39 is 0 Å². The summed E-state index contributed by atoms with van der Waals surface area (Å²) in [7, 11) is 0. The summed E-state index contributed by atoms with van der Waals surface area (Å²) in [4.78, 5) is 27.6. The summed E-state index contributed by atoms with van der Waals surface area (Å²) in [5.41, 5.74) is 1.38. The first-order chi connectivity index (χ1) is 16.2. The van der Waals surface area contributed by atoms with Crippen LogP contribution in [0.5, 0.6) is 0 Å². The highest BCUT2D eigenvalue weighted by Gasteiger charge is 2.33. The van der Waals surface area contributed by atoms with E-state index in [1.165, 1.54) is 17.6 Å². The number of nitriles is 1. The van der Waals surface area contributed by atoms with Crippen LogP contribution in [0.1, 0.15) is 41.9 Å². The molecule has 0 N–H and O–H groups in total. The van der Waals surface area contributed by atoms with Gasteiger partial charge in [0.05, 0.1) is 12.0 Å². The van der Waals surface area contributed by atoms with Gasteiger partial charge in [0.2, 0.25) is 17.5 Å². The van der Waals surface area contributed by atoms with Gasteiger partial charge in [0.1, 0.15) is 6.07 Å². The first-order valence-corrected chi connectivity index (χ1v) is 12.1. The van der Waals surface area contributed by atoms with Crippen molar-refractivity contribution in [3.8, 4) is 17.7 Å². The second kappa shape index (κ2) is 9.24. The molecule has 2 aliphatic rings. The number of carbonyl (C=O) groups is 1. The van der Waals surface area contributed by atoms with Gasteiger partial charge in [0.25, 0.3) is 5.89 Å². The zero-order valence-electron chi connectivity index (χ0n) is 18.3. The van der Waals surface area contributed by atoms with Crippen LogP contribution in [0.25, 0.3) is 11.7 Å². The number of rotatable bonds is 6. The molecule has 0 spiro atoms. The average Bonchev–Trinajstić information content (AvgIpc) is 3.61. The lowest BCUT2D eigenvalue weighted by molar-refractivity contribution is -0.122. The zero-order chi connectivity index (χ0) is 22.8. The minimum atomic E-state index is -0.111. The zero-order valence-corrected chi connectivity index (χ0v) is 19.1. The summed E-state index contributed by atoms with van der Waals surface area (Å²) in [5.74, 6) is 1.18. The number of hydrogen-bond donors (Lipinski definition) is 0. The van der Waals surface area contributed by atoms with Gasteiger partial charge < -0.3 is 13.7 Å². The number of aryl methyl sites for hydroxylation is 2. The Labute approximate surface area is 196 Å². The van der Waals surface area contributed by atoms with Crippen molar-refractivity contribution >= 4 is 28.3 Å². The predicted octanol–water partition coefficient (Wildman–Crippen LogP) is 4.58. The maximum absolute atomic E-state index is 13.5. The van der Waals surface area contributed by atoms with E-state index in [2.05, 4.69) is 17.6 Å². The third-order valence-corrected chi connectivity index (χ3v) is 7.40. The van der Waals surface area contributed by atoms with Gasteiger partial charge in [-0.2, -0.15) is 10.2 Å². The molecule has 1 fully saturated rings. The molecule has 8 nitrogen and oxygen atoms in total. The Hall–Kier alpha value is -3.38. The summed E-state index contributed by atoms with van der Waals surface area (Å²) >= 11 is 1.65. The summed E-state index contributed by atoms with van der Waals surface area (Å²) in [6.45, 7) is 5.51. The number of fused-ring (bicyclic) bond motifs is 1. The summed E-state index contributed by atoms with van der Waals surface area (Å²) in [5, 5.41) is 10.3. The van der Waals surface area contributed by atoms with Crippen LogP contribution in [-0.4, -0.2) is 35.5 Å². The normalized spacial score (nSPS) is 16.3. The number of nitrogens with zero attached hydrogens (tertiary/aromatic N) is 5. The number of carbonyl (C=O) groups excluding carboxylic acids is 1. The van der Waals surface area contributed by atoms with Crippen LogP contribution in [0, 0.1) is 17.2 Å². The smallest absolute Gasteiger partial charge is 0.266 e. The van der Waals surface area contributed by atoms with Gasteiger partial charge in [-0.15, -0.1) is 17.9 Å². The Kier molecular flexibility index (Phi) is 6.01. The average molecular weight is 464 g/mol. The maximum atomic E-state index is 13.5. The van der Waals surface area contributed by atoms with Crippen LogP contribution in [0.4, 0.5) is 11.0 Å². The first-order valence-electron chi connectivity index (χ1n) is 11.3. The molecule has 170 valence electrons. The summed E-state index contributed by atoms with van der Waals surface area (Å²) in [6.07, 6.45) is 9.04. The predicted molar refractivity (Wildman–Crippen MR) is 125 cm³/mol. The lowest BCUT2D eigenvalue weighted by atomic mass is 9.95. The van der Waals surface area contributed by atoms with Crippen molar-refractivity contribution < 1.29 is 13.6 Å². The van der Waals surface area contributed by atoms with Crippen LogP contribution in [-0.2, 0) is 17.6 Å². The highest BCUT2D eigenvalue weighted by Crippen LogP contribution is 2.35. The highest BCUT2D eigenvalue weighted by atomic mass is 32.1. The second-order valence-electron chi connectivity index (χ2n) is 8.33. The van der Waals surface area contributed by atoms with Gasteiger partial charge in [0.15, 0.2) is 10.9 Å². The molecule has 0 aromatic carbocycles. The molecule has 0 bridgehead atoms. The molecule has 9 heteroatoms. The molecule has 1 aliphatic heterocycles. The van der Waals surface area contributed by atoms with Crippen molar-refractivity contribution in [3.63, 3.8) is 0 Å². The minimum Gasteiger partial charge on any atom is -0.459 e. The fourth-order valence-corrected chi connectivity index (χ4v) is 5.66. The maximum Gasteiger partial charge on any atom is 0.266 e. The van der Waals surface area contributed by atoms with E-state index >= 15 is 0 Å². The monoisotopic (exact) mass is 463 g/mol. The molecule has 1 amide bonds. The number of furan rings is 1. The SMILES string of the molecule is C=CCN(C(=O)C1CCN(c2oc(-c3ccco3)nc2C#N)CC1)c1nc2c(s1)CCCC2. The van der Waals surface area contributed by atoms with Crippen molar-refractivity contribution in [2.45, 2.75) is 38.5 Å². The summed E-state index contributed by atoms with van der Waals surface area (Å²) in [6, 6.07) is 5.60. The molecule has 0 unspecified atom stereocenters. The quantitative estimate of drug-likeness (QED) is 0.493. The van der Waals surface area contributed by atoms with Crippen molar-refractivity contribution in [1.82, 2.24) is 9.97 Å². The first kappa shape index (κ1) is 21.5. The Morgan fingerprint density at radius 2 is 2.15 bits per heavy atom. The summed E-state index contributed by atoms with van der Waals surface area (Å²) < 4.78 is 11.2. The van der Waals surface area contributed by atoms with Gasteiger partial charge in [-0.1, -0.05) is 6.08 Å². The van der Waals surface area contributed by atoms with Crippen LogP contribution >= 0.6 is 11.3 Å². The minimum absolute atomic E-state index is 0.0926. The van der Waals surface area contributed by atoms with Gasteiger partial charge >= 0.3 is 0 Å². The number of amides is 1. The van der Waals surface area contributed by atoms with Gasteiger partial charge in [-0.05, 0) is 50.7 Å². The van der Waals surface area contributed by atoms with E-state index in [1.807, 2.05) is 4.90 Å². The number of hydrogen-bond acceptors (Lipinski definition) is 8. The van der Waals surface area contributed by atoms with E-state index in [9.17, 15) is 10.1 Å². The van der Waals surface area contributed by atoms with Crippen LogP contribution in [0.15, 0.2) is 39.9 Å². The standard InChI is InChI=1S/C24H25N5O3S/c1-2-11-29(24-27-17-6-3-4-8-20(17)33-24)22(30)16-9-12-28(13-10-16)23-18(15-25)26-21(32-23)19-7-5-14-31-19/h2,5,7,14,16H,1,3-4,6,8-13H2. The molecular formula is C24H25N5O3S.